The largest absolute Gasteiger partial charge is 0.493 e. The first-order valence-corrected chi connectivity index (χ1v) is 7.11. The Morgan fingerprint density at radius 2 is 2.10 bits per heavy atom. The zero-order valence-electron chi connectivity index (χ0n) is 12.8. The lowest BCUT2D eigenvalue weighted by atomic mass is 10.0. The third kappa shape index (κ3) is 5.10. The molecule has 0 fully saturated rings. The van der Waals surface area contributed by atoms with Gasteiger partial charge in [-0.15, -0.1) is 0 Å². The molecule has 1 rings (SSSR count). The van der Waals surface area contributed by atoms with Gasteiger partial charge in [-0.3, -0.25) is 4.79 Å². The van der Waals surface area contributed by atoms with Crippen LogP contribution in [0.1, 0.15) is 32.8 Å². The van der Waals surface area contributed by atoms with Crippen molar-refractivity contribution in [1.82, 2.24) is 5.32 Å². The number of amides is 1. The smallest absolute Gasteiger partial charge is 0.258 e. The van der Waals surface area contributed by atoms with E-state index in [2.05, 4.69) is 5.32 Å². The molecule has 0 aliphatic carbocycles. The highest BCUT2D eigenvalue weighted by Crippen LogP contribution is 2.36. The Labute approximate surface area is 130 Å². The quantitative estimate of drug-likeness (QED) is 0.811. The summed E-state index contributed by atoms with van der Waals surface area (Å²) in [4.78, 5) is 11.9. The number of carbonyl (C=O) groups is 1. The fourth-order valence-electron chi connectivity index (χ4n) is 1.64. The number of nitrogens with one attached hydrogen (secondary N) is 1. The van der Waals surface area contributed by atoms with E-state index in [1.54, 1.807) is 12.1 Å². The standard InChI is InChI=1S/C15H22ClNO4/c1-5-15(2,3)17-13(19)9-21-14-11(16)6-10(8-18)7-12(14)20-4/h6-7,18H,5,8-9H2,1-4H3,(H,17,19). The number of aliphatic hydroxyl groups is 1. The molecule has 21 heavy (non-hydrogen) atoms. The highest BCUT2D eigenvalue weighted by Gasteiger charge is 2.19. The van der Waals surface area contributed by atoms with Crippen LogP contribution in [0.2, 0.25) is 5.02 Å². The minimum Gasteiger partial charge on any atom is -0.493 e. The summed E-state index contributed by atoms with van der Waals surface area (Å²) < 4.78 is 10.6. The van der Waals surface area contributed by atoms with Crippen LogP contribution in [0.3, 0.4) is 0 Å². The highest BCUT2D eigenvalue weighted by atomic mass is 35.5. The molecule has 1 amide bonds. The van der Waals surface area contributed by atoms with Crippen molar-refractivity contribution < 1.29 is 19.4 Å². The lowest BCUT2D eigenvalue weighted by Crippen LogP contribution is -2.44. The van der Waals surface area contributed by atoms with Crippen LogP contribution in [0.4, 0.5) is 0 Å². The van der Waals surface area contributed by atoms with Crippen LogP contribution in [-0.4, -0.2) is 30.3 Å². The van der Waals surface area contributed by atoms with Crippen molar-refractivity contribution in [2.45, 2.75) is 39.3 Å². The number of aliphatic hydroxyl groups excluding tert-OH is 1. The normalized spacial score (nSPS) is 11.1. The first-order valence-electron chi connectivity index (χ1n) is 6.74. The Bertz CT molecular complexity index is 503. The van der Waals surface area contributed by atoms with E-state index in [1.807, 2.05) is 20.8 Å². The fourth-order valence-corrected chi connectivity index (χ4v) is 1.93. The van der Waals surface area contributed by atoms with Gasteiger partial charge in [0, 0.05) is 5.54 Å². The lowest BCUT2D eigenvalue weighted by Gasteiger charge is -2.24. The first kappa shape index (κ1) is 17.6. The Morgan fingerprint density at radius 1 is 1.43 bits per heavy atom. The van der Waals surface area contributed by atoms with Crippen molar-refractivity contribution >= 4 is 17.5 Å². The molecule has 6 heteroatoms. The van der Waals surface area contributed by atoms with Crippen LogP contribution < -0.4 is 14.8 Å². The predicted octanol–water partition coefficient (Wildman–Crippen LogP) is 2.52. The van der Waals surface area contributed by atoms with Crippen molar-refractivity contribution in [3.8, 4) is 11.5 Å². The van der Waals surface area contributed by atoms with Crippen LogP contribution in [0, 0.1) is 0 Å². The van der Waals surface area contributed by atoms with Gasteiger partial charge in [0.05, 0.1) is 18.7 Å². The average Bonchev–Trinajstić information content (AvgIpc) is 2.44. The summed E-state index contributed by atoms with van der Waals surface area (Å²) in [5, 5.41) is 12.3. The van der Waals surface area contributed by atoms with Crippen molar-refractivity contribution in [3.05, 3.63) is 22.7 Å². The molecule has 1 aromatic rings. The van der Waals surface area contributed by atoms with Gasteiger partial charge in [-0.2, -0.15) is 0 Å². The summed E-state index contributed by atoms with van der Waals surface area (Å²) in [5.74, 6) is 0.445. The van der Waals surface area contributed by atoms with Gasteiger partial charge in [0.25, 0.3) is 5.91 Å². The van der Waals surface area contributed by atoms with Crippen molar-refractivity contribution in [3.63, 3.8) is 0 Å². The zero-order chi connectivity index (χ0) is 16.0. The Hall–Kier alpha value is -1.46. The summed E-state index contributed by atoms with van der Waals surface area (Å²) in [6.45, 7) is 5.57. The predicted molar refractivity (Wildman–Crippen MR) is 81.9 cm³/mol. The summed E-state index contributed by atoms with van der Waals surface area (Å²) in [7, 11) is 1.47. The molecule has 0 radical (unpaired) electrons. The summed E-state index contributed by atoms with van der Waals surface area (Å²) in [6.07, 6.45) is 0.814. The van der Waals surface area contributed by atoms with E-state index in [4.69, 9.17) is 26.2 Å². The van der Waals surface area contributed by atoms with Gasteiger partial charge in [-0.1, -0.05) is 18.5 Å². The van der Waals surface area contributed by atoms with Crippen molar-refractivity contribution in [2.24, 2.45) is 0 Å². The molecule has 2 N–H and O–H groups in total. The maximum Gasteiger partial charge on any atom is 0.258 e. The molecular formula is C15H22ClNO4. The molecule has 5 nitrogen and oxygen atoms in total. The van der Waals surface area contributed by atoms with Gasteiger partial charge < -0.3 is 19.9 Å². The molecule has 0 heterocycles. The second-order valence-corrected chi connectivity index (χ2v) is 5.75. The molecule has 0 bridgehead atoms. The van der Waals surface area contributed by atoms with E-state index in [-0.39, 0.29) is 24.7 Å². The topological polar surface area (TPSA) is 67.8 Å². The number of ether oxygens (including phenoxy) is 2. The molecule has 0 atom stereocenters. The second-order valence-electron chi connectivity index (χ2n) is 5.34. The average molecular weight is 316 g/mol. The van der Waals surface area contributed by atoms with E-state index in [0.29, 0.717) is 22.1 Å². The number of rotatable bonds is 7. The summed E-state index contributed by atoms with van der Waals surface area (Å²) in [5.41, 5.74) is 0.329. The second kappa shape index (κ2) is 7.52. The molecule has 0 spiro atoms. The fraction of sp³-hybridized carbons (Fsp3) is 0.533. The van der Waals surface area contributed by atoms with E-state index >= 15 is 0 Å². The molecule has 0 aromatic heterocycles. The number of benzene rings is 1. The maximum absolute atomic E-state index is 11.9. The van der Waals surface area contributed by atoms with Gasteiger partial charge in [0.15, 0.2) is 18.1 Å². The Balaban J connectivity index is 2.77. The van der Waals surface area contributed by atoms with Crippen molar-refractivity contribution in [1.29, 1.82) is 0 Å². The molecule has 0 saturated carbocycles. The number of methoxy groups -OCH3 is 1. The highest BCUT2D eigenvalue weighted by molar-refractivity contribution is 6.32. The molecule has 0 aliphatic heterocycles. The Morgan fingerprint density at radius 3 is 2.62 bits per heavy atom. The van der Waals surface area contributed by atoms with Gasteiger partial charge in [-0.05, 0) is 38.0 Å². The minimum atomic E-state index is -0.283. The van der Waals surface area contributed by atoms with E-state index in [1.165, 1.54) is 7.11 Å². The molecule has 118 valence electrons. The molecule has 0 saturated heterocycles. The third-order valence-electron chi connectivity index (χ3n) is 3.18. The van der Waals surface area contributed by atoms with Crippen LogP contribution in [0.15, 0.2) is 12.1 Å². The molecule has 0 aliphatic rings. The molecule has 1 aromatic carbocycles. The zero-order valence-corrected chi connectivity index (χ0v) is 13.6. The molecule has 0 unspecified atom stereocenters. The van der Waals surface area contributed by atoms with Gasteiger partial charge in [0.1, 0.15) is 0 Å². The van der Waals surface area contributed by atoms with Crippen LogP contribution in [0.25, 0.3) is 0 Å². The molecular weight excluding hydrogens is 294 g/mol. The summed E-state index contributed by atoms with van der Waals surface area (Å²) in [6, 6.07) is 3.20. The number of hydrogen-bond donors (Lipinski definition) is 2. The first-order chi connectivity index (χ1) is 9.82. The van der Waals surface area contributed by atoms with Crippen LogP contribution >= 0.6 is 11.6 Å². The van der Waals surface area contributed by atoms with Crippen LogP contribution in [0.5, 0.6) is 11.5 Å². The van der Waals surface area contributed by atoms with E-state index in [9.17, 15) is 4.79 Å². The van der Waals surface area contributed by atoms with Gasteiger partial charge >= 0.3 is 0 Å². The number of hydrogen-bond acceptors (Lipinski definition) is 4. The van der Waals surface area contributed by atoms with Crippen LogP contribution in [-0.2, 0) is 11.4 Å². The number of halogens is 1. The SMILES string of the molecule is CCC(C)(C)NC(=O)COc1c(Cl)cc(CO)cc1OC. The minimum absolute atomic E-state index is 0.151. The van der Waals surface area contributed by atoms with Crippen molar-refractivity contribution in [2.75, 3.05) is 13.7 Å². The van der Waals surface area contributed by atoms with Gasteiger partial charge in [0.2, 0.25) is 0 Å². The maximum atomic E-state index is 11.9. The third-order valence-corrected chi connectivity index (χ3v) is 3.46. The van der Waals surface area contributed by atoms with Gasteiger partial charge in [-0.25, -0.2) is 0 Å². The number of carbonyl (C=O) groups excluding carboxylic acids is 1. The summed E-state index contributed by atoms with van der Waals surface area (Å²) >= 11 is 6.09. The monoisotopic (exact) mass is 315 g/mol. The van der Waals surface area contributed by atoms with E-state index < -0.39 is 0 Å². The lowest BCUT2D eigenvalue weighted by molar-refractivity contribution is -0.124. The Kier molecular flexibility index (Phi) is 6.30. The van der Waals surface area contributed by atoms with E-state index in [0.717, 1.165) is 6.42 Å².